The summed E-state index contributed by atoms with van der Waals surface area (Å²) in [6, 6.07) is 9.78. The standard InChI is InChI=1S/C18H16N4O.C2HF3O2/c19-10-14-17(13-5-3-12(4-6-13)2-1-9-23)15-11-21-8-7-16(15)22-18(14)20;3-2(4,5)1(6)7/h3-6,21,23H,7-9,11H2,(H2,20,22);(H,6,7). The largest absolute Gasteiger partial charge is 0.490 e. The molecule has 0 fully saturated rings. The van der Waals surface area contributed by atoms with E-state index in [4.69, 9.17) is 20.7 Å². The summed E-state index contributed by atoms with van der Waals surface area (Å²) in [5, 5.41) is 28.7. The van der Waals surface area contributed by atoms with Gasteiger partial charge in [0.05, 0.1) is 0 Å². The molecular weight excluding hydrogens is 401 g/mol. The zero-order valence-electron chi connectivity index (χ0n) is 15.5. The predicted molar refractivity (Wildman–Crippen MR) is 102 cm³/mol. The number of fused-ring (bicyclic) bond motifs is 1. The van der Waals surface area contributed by atoms with Gasteiger partial charge in [0.2, 0.25) is 0 Å². The molecule has 0 saturated carbocycles. The van der Waals surface area contributed by atoms with Crippen LogP contribution in [0, 0.1) is 23.2 Å². The predicted octanol–water partition coefficient (Wildman–Crippen LogP) is 1.83. The number of aliphatic hydroxyl groups is 1. The molecule has 1 aromatic carbocycles. The van der Waals surface area contributed by atoms with Crippen LogP contribution in [0.5, 0.6) is 0 Å². The molecule has 0 saturated heterocycles. The molecule has 30 heavy (non-hydrogen) atoms. The Kier molecular flexibility index (Phi) is 7.37. The summed E-state index contributed by atoms with van der Waals surface area (Å²) in [6.45, 7) is 1.37. The maximum atomic E-state index is 10.6. The van der Waals surface area contributed by atoms with Crippen molar-refractivity contribution in [2.75, 3.05) is 18.9 Å². The first-order valence-corrected chi connectivity index (χ1v) is 8.61. The van der Waals surface area contributed by atoms with E-state index in [1.807, 2.05) is 24.3 Å². The van der Waals surface area contributed by atoms with Crippen LogP contribution in [-0.2, 0) is 17.8 Å². The number of carboxylic acid groups (broad SMARTS) is 1. The Balaban J connectivity index is 0.000000396. The number of nitrogens with zero attached hydrogens (tertiary/aromatic N) is 2. The van der Waals surface area contributed by atoms with Crippen LogP contribution >= 0.6 is 0 Å². The lowest BCUT2D eigenvalue weighted by molar-refractivity contribution is -0.192. The van der Waals surface area contributed by atoms with Crippen LogP contribution < -0.4 is 11.1 Å². The summed E-state index contributed by atoms with van der Waals surface area (Å²) in [4.78, 5) is 13.3. The van der Waals surface area contributed by atoms with Crippen molar-refractivity contribution in [3.8, 4) is 29.0 Å². The van der Waals surface area contributed by atoms with Crippen LogP contribution in [0.3, 0.4) is 0 Å². The number of hydrogen-bond acceptors (Lipinski definition) is 6. The highest BCUT2D eigenvalue weighted by atomic mass is 19.4. The number of hydrogen-bond donors (Lipinski definition) is 4. The van der Waals surface area contributed by atoms with E-state index in [1.165, 1.54) is 0 Å². The Morgan fingerprint density at radius 1 is 1.30 bits per heavy atom. The maximum absolute atomic E-state index is 10.6. The number of nitrogens with two attached hydrogens (primary N) is 1. The Labute approximate surface area is 170 Å². The van der Waals surface area contributed by atoms with Crippen molar-refractivity contribution in [2.45, 2.75) is 19.1 Å². The fourth-order valence-corrected chi connectivity index (χ4v) is 2.80. The average molecular weight is 418 g/mol. The average Bonchev–Trinajstić information content (AvgIpc) is 2.71. The van der Waals surface area contributed by atoms with Crippen molar-refractivity contribution in [3.63, 3.8) is 0 Å². The molecule has 0 amide bonds. The molecule has 0 atom stereocenters. The van der Waals surface area contributed by atoms with E-state index in [-0.39, 0.29) is 12.4 Å². The van der Waals surface area contributed by atoms with Crippen LogP contribution in [0.1, 0.15) is 22.4 Å². The zero-order valence-corrected chi connectivity index (χ0v) is 15.5. The van der Waals surface area contributed by atoms with Crippen molar-refractivity contribution < 1.29 is 28.2 Å². The van der Waals surface area contributed by atoms with Gasteiger partial charge in [0.25, 0.3) is 0 Å². The number of benzene rings is 1. The topological polar surface area (TPSA) is 132 Å². The normalized spacial score (nSPS) is 12.4. The van der Waals surface area contributed by atoms with Crippen molar-refractivity contribution in [1.82, 2.24) is 10.3 Å². The molecule has 0 unspecified atom stereocenters. The number of nitrogen functional groups attached to an aromatic ring is 1. The van der Waals surface area contributed by atoms with E-state index in [0.29, 0.717) is 12.1 Å². The number of alkyl halides is 3. The van der Waals surface area contributed by atoms with Gasteiger partial charge in [-0.05, 0) is 23.3 Å². The van der Waals surface area contributed by atoms with Gasteiger partial charge in [-0.3, -0.25) is 0 Å². The third-order valence-electron chi connectivity index (χ3n) is 4.09. The third kappa shape index (κ3) is 5.47. The number of aromatic nitrogens is 1. The first-order chi connectivity index (χ1) is 14.2. The molecule has 1 aliphatic rings. The van der Waals surface area contributed by atoms with E-state index in [9.17, 15) is 18.4 Å². The molecule has 0 spiro atoms. The van der Waals surface area contributed by atoms with Gasteiger partial charge in [-0.25, -0.2) is 9.78 Å². The lowest BCUT2D eigenvalue weighted by Gasteiger charge is -2.21. The van der Waals surface area contributed by atoms with Gasteiger partial charge in [-0.2, -0.15) is 18.4 Å². The molecule has 2 heterocycles. The molecule has 10 heteroatoms. The number of nitriles is 1. The summed E-state index contributed by atoms with van der Waals surface area (Å²) >= 11 is 0. The molecular formula is C20H17F3N4O3. The van der Waals surface area contributed by atoms with Gasteiger partial charge >= 0.3 is 12.1 Å². The second-order valence-electron chi connectivity index (χ2n) is 6.05. The van der Waals surface area contributed by atoms with Gasteiger partial charge in [0, 0.05) is 36.3 Å². The van der Waals surface area contributed by atoms with E-state index < -0.39 is 12.1 Å². The van der Waals surface area contributed by atoms with E-state index >= 15 is 0 Å². The monoisotopic (exact) mass is 418 g/mol. The van der Waals surface area contributed by atoms with Gasteiger partial charge in [0.15, 0.2) is 0 Å². The number of nitrogens with one attached hydrogen (secondary N) is 1. The number of aliphatic carboxylic acids is 1. The minimum atomic E-state index is -5.08. The number of halogens is 3. The number of aliphatic hydroxyl groups excluding tert-OH is 1. The second-order valence-corrected chi connectivity index (χ2v) is 6.05. The molecule has 0 bridgehead atoms. The first kappa shape index (κ1) is 22.7. The fourth-order valence-electron chi connectivity index (χ4n) is 2.80. The molecule has 5 N–H and O–H groups in total. The number of anilines is 1. The Morgan fingerprint density at radius 3 is 2.47 bits per heavy atom. The number of carbonyl (C=O) groups is 1. The molecule has 3 rings (SSSR count). The minimum absolute atomic E-state index is 0.166. The number of rotatable bonds is 1. The maximum Gasteiger partial charge on any atom is 0.490 e. The highest BCUT2D eigenvalue weighted by Crippen LogP contribution is 2.33. The lowest BCUT2D eigenvalue weighted by Crippen LogP contribution is -2.26. The van der Waals surface area contributed by atoms with Gasteiger partial charge in [0.1, 0.15) is 24.1 Å². The van der Waals surface area contributed by atoms with E-state index in [0.717, 1.165) is 40.9 Å². The summed E-state index contributed by atoms with van der Waals surface area (Å²) in [6.07, 6.45) is -4.28. The summed E-state index contributed by atoms with van der Waals surface area (Å²) in [5.41, 5.74) is 11.0. The van der Waals surface area contributed by atoms with Gasteiger partial charge in [-0.1, -0.05) is 24.0 Å². The molecule has 2 aromatic rings. The van der Waals surface area contributed by atoms with Crippen LogP contribution in [0.2, 0.25) is 0 Å². The molecule has 1 aliphatic heterocycles. The molecule has 1 aromatic heterocycles. The van der Waals surface area contributed by atoms with Crippen molar-refractivity contribution >= 4 is 11.8 Å². The Morgan fingerprint density at radius 2 is 1.93 bits per heavy atom. The van der Waals surface area contributed by atoms with Gasteiger partial charge in [-0.15, -0.1) is 0 Å². The molecule has 0 radical (unpaired) electrons. The van der Waals surface area contributed by atoms with Crippen molar-refractivity contribution in [3.05, 3.63) is 46.6 Å². The summed E-state index contributed by atoms with van der Waals surface area (Å²) in [5.74, 6) is 3.01. The Hall–Kier alpha value is -3.60. The number of pyridine rings is 1. The lowest BCUT2D eigenvalue weighted by atomic mass is 9.91. The summed E-state index contributed by atoms with van der Waals surface area (Å²) < 4.78 is 31.7. The highest BCUT2D eigenvalue weighted by molar-refractivity contribution is 5.79. The zero-order chi connectivity index (χ0) is 22.3. The number of carboxylic acids is 1. The first-order valence-electron chi connectivity index (χ1n) is 8.61. The molecule has 0 aliphatic carbocycles. The SMILES string of the molecule is N#Cc1c(N)nc2c(c1-c1ccc(C#CCO)cc1)CNCC2.O=C(O)C(F)(F)F. The van der Waals surface area contributed by atoms with Crippen LogP contribution in [0.15, 0.2) is 24.3 Å². The molecule has 156 valence electrons. The van der Waals surface area contributed by atoms with Gasteiger partial charge < -0.3 is 21.3 Å². The van der Waals surface area contributed by atoms with Crippen molar-refractivity contribution in [1.29, 1.82) is 5.26 Å². The van der Waals surface area contributed by atoms with Crippen LogP contribution in [0.25, 0.3) is 11.1 Å². The smallest absolute Gasteiger partial charge is 0.475 e. The van der Waals surface area contributed by atoms with E-state index in [1.54, 1.807) is 0 Å². The minimum Gasteiger partial charge on any atom is -0.475 e. The van der Waals surface area contributed by atoms with E-state index in [2.05, 4.69) is 28.2 Å². The summed E-state index contributed by atoms with van der Waals surface area (Å²) in [7, 11) is 0. The van der Waals surface area contributed by atoms with Crippen molar-refractivity contribution in [2.24, 2.45) is 0 Å². The molecule has 7 nitrogen and oxygen atoms in total. The quantitative estimate of drug-likeness (QED) is 0.520. The Bertz CT molecular complexity index is 1030. The van der Waals surface area contributed by atoms with Crippen LogP contribution in [0.4, 0.5) is 19.0 Å². The van der Waals surface area contributed by atoms with Crippen LogP contribution in [-0.4, -0.2) is 40.5 Å². The highest BCUT2D eigenvalue weighted by Gasteiger charge is 2.38. The second kappa shape index (κ2) is 9.74. The third-order valence-corrected chi connectivity index (χ3v) is 4.09. The fraction of sp³-hybridized carbons (Fsp3) is 0.250.